The number of ketones is 1. The zero-order valence-electron chi connectivity index (χ0n) is 14.4. The van der Waals surface area contributed by atoms with Gasteiger partial charge in [-0.25, -0.2) is 9.52 Å². The monoisotopic (exact) mass is 383 g/mol. The molecule has 0 saturated carbocycles. The van der Waals surface area contributed by atoms with Crippen LogP contribution in [0.15, 0.2) is 76.2 Å². The van der Waals surface area contributed by atoms with Crippen LogP contribution in [0.5, 0.6) is 0 Å². The third-order valence-corrected chi connectivity index (χ3v) is 6.83. The summed E-state index contributed by atoms with van der Waals surface area (Å²) in [6.07, 6.45) is 0. The van der Waals surface area contributed by atoms with E-state index >= 15 is 0 Å². The maximum atomic E-state index is 13.1. The van der Waals surface area contributed by atoms with Gasteiger partial charge in [0, 0.05) is 21.2 Å². The normalized spacial score (nSPS) is 18.5. The number of esters is 1. The van der Waals surface area contributed by atoms with Crippen molar-refractivity contribution in [1.29, 1.82) is 0 Å². The number of carbonyl (C=O) groups is 2. The number of hydrogen-bond acceptors (Lipinski definition) is 5. The highest BCUT2D eigenvalue weighted by molar-refractivity contribution is 8.07. The fourth-order valence-electron chi connectivity index (χ4n) is 2.95. The van der Waals surface area contributed by atoms with Crippen molar-refractivity contribution >= 4 is 21.9 Å². The Morgan fingerprint density at radius 1 is 1.00 bits per heavy atom. The van der Waals surface area contributed by atoms with E-state index in [4.69, 9.17) is 4.42 Å². The quantitative estimate of drug-likeness (QED) is 0.306. The molecule has 0 amide bonds. The molecule has 7 heteroatoms. The SMILES string of the molecule is COC(=O)c1ccc([SH]2(=O)N[C@H]2c2cccc(C(=O)c3ccccc3)c2)o1. The Morgan fingerprint density at radius 2 is 1.74 bits per heavy atom. The summed E-state index contributed by atoms with van der Waals surface area (Å²) >= 11 is 0. The fraction of sp³-hybridized carbons (Fsp3) is 0.100. The second-order valence-corrected chi connectivity index (χ2v) is 8.67. The third-order valence-electron chi connectivity index (χ3n) is 4.42. The molecule has 2 heterocycles. The molecule has 0 radical (unpaired) electrons. The number of furan rings is 1. The van der Waals surface area contributed by atoms with E-state index in [2.05, 4.69) is 9.46 Å². The molecule has 0 aliphatic carbocycles. The molecule has 4 rings (SSSR count). The molecular formula is C20H17NO5S. The number of rotatable bonds is 5. The fourth-order valence-corrected chi connectivity index (χ4v) is 5.20. The average Bonchev–Trinajstić information content (AvgIpc) is 3.16. The van der Waals surface area contributed by atoms with Gasteiger partial charge in [0.25, 0.3) is 0 Å². The van der Waals surface area contributed by atoms with E-state index in [1.165, 1.54) is 19.2 Å². The van der Waals surface area contributed by atoms with Crippen molar-refractivity contribution in [2.45, 2.75) is 10.5 Å². The first kappa shape index (κ1) is 17.4. The molecule has 1 aliphatic heterocycles. The Labute approximate surface area is 156 Å². The van der Waals surface area contributed by atoms with Gasteiger partial charge >= 0.3 is 5.97 Å². The van der Waals surface area contributed by atoms with Crippen molar-refractivity contribution in [3.05, 3.63) is 89.2 Å². The van der Waals surface area contributed by atoms with Crippen LogP contribution in [0.25, 0.3) is 0 Å². The molecule has 0 spiro atoms. The molecule has 27 heavy (non-hydrogen) atoms. The zero-order chi connectivity index (χ0) is 19.0. The van der Waals surface area contributed by atoms with Crippen LogP contribution in [0.2, 0.25) is 0 Å². The predicted molar refractivity (Wildman–Crippen MR) is 100 cm³/mol. The topological polar surface area (TPSA) is 95.5 Å². The molecule has 1 aromatic heterocycles. The van der Waals surface area contributed by atoms with Crippen LogP contribution in [-0.2, 0) is 14.9 Å². The van der Waals surface area contributed by atoms with E-state index in [1.807, 2.05) is 24.3 Å². The lowest BCUT2D eigenvalue weighted by molar-refractivity contribution is 0.0559. The van der Waals surface area contributed by atoms with Crippen LogP contribution in [0.4, 0.5) is 0 Å². The molecule has 1 atom stereocenters. The smallest absolute Gasteiger partial charge is 0.374 e. The number of thiol groups is 1. The molecule has 1 N–H and O–H groups in total. The summed E-state index contributed by atoms with van der Waals surface area (Å²) in [5, 5.41) is -0.231. The number of carbonyl (C=O) groups excluding carboxylic acids is 2. The number of hydrogen-bond donors (Lipinski definition) is 2. The van der Waals surface area contributed by atoms with Gasteiger partial charge < -0.3 is 9.15 Å². The van der Waals surface area contributed by atoms with Crippen molar-refractivity contribution in [2.75, 3.05) is 7.11 Å². The largest absolute Gasteiger partial charge is 0.463 e. The lowest BCUT2D eigenvalue weighted by Crippen LogP contribution is -2.02. The standard InChI is InChI=1S/C20H17NO5S/c1-25-20(23)16-10-11-17(26-16)27(24)19(21-27)15-9-5-8-14(12-15)18(22)13-6-3-2-4-7-13/h2-12,19,27H,1H3,(H,21,24)/t19-/m1/s1. The summed E-state index contributed by atoms with van der Waals surface area (Å²) in [5.74, 6) is -0.719. The highest BCUT2D eigenvalue weighted by Gasteiger charge is 2.48. The van der Waals surface area contributed by atoms with Crippen LogP contribution in [-0.4, -0.2) is 23.1 Å². The van der Waals surface area contributed by atoms with E-state index in [0.29, 0.717) is 11.1 Å². The maximum Gasteiger partial charge on any atom is 0.374 e. The summed E-state index contributed by atoms with van der Waals surface area (Å²) < 4.78 is 26.0. The number of ether oxygens (including phenoxy) is 1. The van der Waals surface area contributed by atoms with Gasteiger partial charge in [-0.05, 0) is 23.8 Å². The number of benzene rings is 2. The van der Waals surface area contributed by atoms with Gasteiger partial charge in [-0.1, -0.05) is 48.5 Å². The summed E-state index contributed by atoms with van der Waals surface area (Å²) in [6, 6.07) is 19.0. The Kier molecular flexibility index (Phi) is 4.25. The Morgan fingerprint density at radius 3 is 2.48 bits per heavy atom. The summed E-state index contributed by atoms with van der Waals surface area (Å²) in [5.41, 5.74) is 1.85. The van der Waals surface area contributed by atoms with Crippen LogP contribution in [0.3, 0.4) is 0 Å². The van der Waals surface area contributed by atoms with E-state index in [1.54, 1.807) is 30.3 Å². The first-order valence-electron chi connectivity index (χ1n) is 8.29. The van der Waals surface area contributed by atoms with Gasteiger partial charge in [-0.2, -0.15) is 0 Å². The minimum atomic E-state index is -2.99. The van der Waals surface area contributed by atoms with Crippen molar-refractivity contribution in [1.82, 2.24) is 4.72 Å². The zero-order valence-corrected chi connectivity index (χ0v) is 15.3. The maximum absolute atomic E-state index is 13.1. The van der Waals surface area contributed by atoms with Crippen molar-refractivity contribution < 1.29 is 23.0 Å². The predicted octanol–water partition coefficient (Wildman–Crippen LogP) is 2.89. The van der Waals surface area contributed by atoms with E-state index in [0.717, 1.165) is 5.56 Å². The van der Waals surface area contributed by atoms with Gasteiger partial charge in [0.05, 0.1) is 7.11 Å². The molecule has 6 nitrogen and oxygen atoms in total. The van der Waals surface area contributed by atoms with Gasteiger partial charge in [0.2, 0.25) is 5.76 Å². The van der Waals surface area contributed by atoms with Crippen LogP contribution in [0.1, 0.15) is 37.4 Å². The second kappa shape index (κ2) is 6.61. The van der Waals surface area contributed by atoms with Crippen molar-refractivity contribution in [3.8, 4) is 0 Å². The molecule has 1 saturated heterocycles. The molecular weight excluding hydrogens is 366 g/mol. The van der Waals surface area contributed by atoms with E-state index in [9.17, 15) is 13.8 Å². The Balaban J connectivity index is 1.59. The highest BCUT2D eigenvalue weighted by atomic mass is 32.3. The summed E-state index contributed by atoms with van der Waals surface area (Å²) in [7, 11) is -1.74. The molecule has 3 aromatic rings. The molecule has 138 valence electrons. The lowest BCUT2D eigenvalue weighted by atomic mass is 10.0. The second-order valence-electron chi connectivity index (χ2n) is 6.14. The summed E-state index contributed by atoms with van der Waals surface area (Å²) in [6.45, 7) is 0. The van der Waals surface area contributed by atoms with Crippen molar-refractivity contribution in [3.63, 3.8) is 0 Å². The van der Waals surface area contributed by atoms with Gasteiger partial charge in [-0.3, -0.25) is 9.00 Å². The molecule has 2 aromatic carbocycles. The first-order chi connectivity index (χ1) is 13.0. The van der Waals surface area contributed by atoms with Crippen LogP contribution in [0, 0.1) is 0 Å². The van der Waals surface area contributed by atoms with Gasteiger partial charge in [0.15, 0.2) is 10.9 Å². The minimum absolute atomic E-state index is 0.00295. The average molecular weight is 383 g/mol. The van der Waals surface area contributed by atoms with Gasteiger partial charge in [0.1, 0.15) is 5.37 Å². The Bertz CT molecular complexity index is 1070. The molecule has 0 bridgehead atoms. The third kappa shape index (κ3) is 3.11. The minimum Gasteiger partial charge on any atom is -0.463 e. The van der Waals surface area contributed by atoms with Crippen LogP contribution < -0.4 is 4.72 Å². The Hall–Kier alpha value is -3.03. The number of methoxy groups -OCH3 is 1. The van der Waals surface area contributed by atoms with E-state index < -0.39 is 21.5 Å². The first-order valence-corrected chi connectivity index (χ1v) is 10.1. The number of nitrogens with one attached hydrogen (secondary N) is 1. The molecule has 1 fully saturated rings. The molecule has 1 aliphatic rings. The van der Waals surface area contributed by atoms with Crippen LogP contribution >= 0.6 is 0 Å². The van der Waals surface area contributed by atoms with E-state index in [-0.39, 0.29) is 16.6 Å². The molecule has 0 unspecified atom stereocenters. The lowest BCUT2D eigenvalue weighted by Gasteiger charge is -2.04. The van der Waals surface area contributed by atoms with Crippen molar-refractivity contribution in [2.24, 2.45) is 0 Å². The van der Waals surface area contributed by atoms with Gasteiger partial charge in [-0.15, -0.1) is 0 Å². The summed E-state index contributed by atoms with van der Waals surface area (Å²) in [4.78, 5) is 24.1. The highest BCUT2D eigenvalue weighted by Crippen LogP contribution is 2.45.